The van der Waals surface area contributed by atoms with Crippen molar-refractivity contribution in [1.82, 2.24) is 10.6 Å². The van der Waals surface area contributed by atoms with Crippen molar-refractivity contribution in [3.05, 3.63) is 98.4 Å². The van der Waals surface area contributed by atoms with Crippen molar-refractivity contribution >= 4 is 95.6 Å². The third-order valence-corrected chi connectivity index (χ3v) is 6.97. The number of benzene rings is 3. The second kappa shape index (κ2) is 12.1. The van der Waals surface area contributed by atoms with Gasteiger partial charge in [-0.05, 0) is 79.8 Å². The topological polar surface area (TPSA) is 53.2 Å². The number of aryl methyl sites for hydroxylation is 1. The van der Waals surface area contributed by atoms with Crippen LogP contribution in [0.2, 0.25) is 0 Å². The number of anilines is 1. The van der Waals surface area contributed by atoms with Gasteiger partial charge in [-0.3, -0.25) is 4.79 Å². The van der Waals surface area contributed by atoms with Crippen LogP contribution in [0.3, 0.4) is 0 Å². The smallest absolute Gasteiger partial charge is 0.233 e. The molecule has 0 heterocycles. The molecular formula is C24H20Br2Cl3N3OS. The van der Waals surface area contributed by atoms with E-state index in [1.165, 1.54) is 0 Å². The Bertz CT molecular complexity index is 1100. The zero-order valence-electron chi connectivity index (χ0n) is 17.8. The molecule has 1 amide bonds. The summed E-state index contributed by atoms with van der Waals surface area (Å²) in [6.45, 7) is 1.97. The molecule has 0 saturated heterocycles. The zero-order chi connectivity index (χ0) is 24.9. The van der Waals surface area contributed by atoms with E-state index in [9.17, 15) is 4.79 Å². The number of hydrogen-bond donors (Lipinski definition) is 3. The average Bonchev–Trinajstić information content (AvgIpc) is 2.77. The predicted molar refractivity (Wildman–Crippen MR) is 153 cm³/mol. The number of nitrogens with one attached hydrogen (secondary N) is 3. The van der Waals surface area contributed by atoms with Gasteiger partial charge in [-0.1, -0.05) is 95.5 Å². The Morgan fingerprint density at radius 1 is 0.882 bits per heavy atom. The number of carbonyl (C=O) groups is 1. The summed E-state index contributed by atoms with van der Waals surface area (Å²) in [5.74, 6) is -0.956. The molecule has 0 bridgehead atoms. The lowest BCUT2D eigenvalue weighted by Crippen LogP contribution is -2.57. The van der Waals surface area contributed by atoms with Crippen LogP contribution in [-0.2, 0) is 4.79 Å². The predicted octanol–water partition coefficient (Wildman–Crippen LogP) is 7.45. The Labute approximate surface area is 236 Å². The van der Waals surface area contributed by atoms with Gasteiger partial charge in [0.2, 0.25) is 9.70 Å². The maximum Gasteiger partial charge on any atom is 0.233 e. The lowest BCUT2D eigenvalue weighted by Gasteiger charge is -2.30. The molecule has 3 aromatic rings. The summed E-state index contributed by atoms with van der Waals surface area (Å²) < 4.78 is -0.293. The highest BCUT2D eigenvalue weighted by molar-refractivity contribution is 9.11. The van der Waals surface area contributed by atoms with E-state index in [0.717, 1.165) is 25.6 Å². The van der Waals surface area contributed by atoms with E-state index in [0.29, 0.717) is 5.69 Å². The SMILES string of the molecule is Cc1cc(Br)c(NC(=S)N[C@H](NC(=O)C(c2ccccc2)c2ccccc2)C(Cl)(Cl)Cl)c(Br)c1. The standard InChI is InChI=1S/C24H20Br2Cl3N3OS/c1-14-12-17(25)20(18(26)13-14)30-23(34)32-22(24(27,28)29)31-21(33)19(15-8-4-2-5-9-15)16-10-6-3-7-11-16/h2-13,19,22H,1H3,(H,31,33)(H2,30,32,34)/t22-/m0/s1. The number of alkyl halides is 3. The molecule has 0 aliphatic rings. The highest BCUT2D eigenvalue weighted by Crippen LogP contribution is 2.33. The Morgan fingerprint density at radius 3 is 1.79 bits per heavy atom. The van der Waals surface area contributed by atoms with Gasteiger partial charge in [-0.25, -0.2) is 0 Å². The molecule has 1 atom stereocenters. The summed E-state index contributed by atoms with van der Waals surface area (Å²) in [7, 11) is 0. The van der Waals surface area contributed by atoms with Crippen molar-refractivity contribution in [1.29, 1.82) is 0 Å². The van der Waals surface area contributed by atoms with Crippen LogP contribution in [0.25, 0.3) is 0 Å². The normalized spacial score (nSPS) is 12.2. The molecule has 4 nitrogen and oxygen atoms in total. The minimum Gasteiger partial charge on any atom is -0.339 e. The van der Waals surface area contributed by atoms with Gasteiger partial charge in [0, 0.05) is 8.95 Å². The van der Waals surface area contributed by atoms with E-state index in [4.69, 9.17) is 47.0 Å². The van der Waals surface area contributed by atoms with E-state index in [2.05, 4.69) is 47.8 Å². The van der Waals surface area contributed by atoms with Crippen molar-refractivity contribution < 1.29 is 4.79 Å². The summed E-state index contributed by atoms with van der Waals surface area (Å²) in [6.07, 6.45) is -1.11. The first kappa shape index (κ1) is 27.2. The monoisotopic (exact) mass is 661 g/mol. The lowest BCUT2D eigenvalue weighted by atomic mass is 9.90. The molecule has 3 rings (SSSR count). The van der Waals surface area contributed by atoms with Crippen LogP contribution >= 0.6 is 78.9 Å². The van der Waals surface area contributed by atoms with Crippen molar-refractivity contribution in [2.75, 3.05) is 5.32 Å². The van der Waals surface area contributed by atoms with Crippen LogP contribution in [0.4, 0.5) is 5.69 Å². The summed E-state index contributed by atoms with van der Waals surface area (Å²) in [6, 6.07) is 22.7. The van der Waals surface area contributed by atoms with Crippen molar-refractivity contribution in [3.8, 4) is 0 Å². The van der Waals surface area contributed by atoms with Crippen LogP contribution in [0.5, 0.6) is 0 Å². The molecule has 3 N–H and O–H groups in total. The van der Waals surface area contributed by atoms with Crippen LogP contribution in [0.15, 0.2) is 81.7 Å². The molecule has 0 spiro atoms. The molecule has 178 valence electrons. The van der Waals surface area contributed by atoms with Gasteiger partial charge in [-0.15, -0.1) is 0 Å². The fraction of sp³-hybridized carbons (Fsp3) is 0.167. The largest absolute Gasteiger partial charge is 0.339 e. The van der Waals surface area contributed by atoms with Crippen molar-refractivity contribution in [2.24, 2.45) is 0 Å². The first-order valence-electron chi connectivity index (χ1n) is 10.1. The Hall–Kier alpha value is -1.35. The van der Waals surface area contributed by atoms with E-state index < -0.39 is 15.9 Å². The fourth-order valence-electron chi connectivity index (χ4n) is 3.31. The second-order valence-corrected chi connectivity index (χ2v) is 11.9. The molecule has 0 aliphatic heterocycles. The Balaban J connectivity index is 1.83. The molecule has 0 saturated carbocycles. The molecule has 0 radical (unpaired) electrons. The van der Waals surface area contributed by atoms with Gasteiger partial charge in [0.05, 0.1) is 11.6 Å². The van der Waals surface area contributed by atoms with Crippen molar-refractivity contribution in [2.45, 2.75) is 22.8 Å². The number of rotatable bonds is 6. The highest BCUT2D eigenvalue weighted by atomic mass is 79.9. The molecule has 0 aromatic heterocycles. The van der Waals surface area contributed by atoms with Gasteiger partial charge in [0.15, 0.2) is 5.11 Å². The fourth-order valence-corrected chi connectivity index (χ4v) is 5.47. The van der Waals surface area contributed by atoms with E-state index in [-0.39, 0.29) is 11.0 Å². The van der Waals surface area contributed by atoms with E-state index in [1.54, 1.807) is 0 Å². The van der Waals surface area contributed by atoms with Crippen LogP contribution in [-0.4, -0.2) is 21.0 Å². The number of halogens is 5. The Morgan fingerprint density at radius 2 is 1.35 bits per heavy atom. The van der Waals surface area contributed by atoms with Gasteiger partial charge in [0.1, 0.15) is 6.17 Å². The maximum absolute atomic E-state index is 13.5. The molecule has 34 heavy (non-hydrogen) atoms. The van der Waals surface area contributed by atoms with Gasteiger partial charge >= 0.3 is 0 Å². The van der Waals surface area contributed by atoms with Crippen LogP contribution in [0, 0.1) is 6.92 Å². The summed E-state index contributed by atoms with van der Waals surface area (Å²) in [5.41, 5.74) is 3.37. The lowest BCUT2D eigenvalue weighted by molar-refractivity contribution is -0.122. The number of amides is 1. The first-order chi connectivity index (χ1) is 16.1. The number of thiocarbonyl (C=S) groups is 1. The number of hydrogen-bond acceptors (Lipinski definition) is 2. The van der Waals surface area contributed by atoms with Gasteiger partial charge < -0.3 is 16.0 Å². The average molecular weight is 665 g/mol. The highest BCUT2D eigenvalue weighted by Gasteiger charge is 2.36. The summed E-state index contributed by atoms with van der Waals surface area (Å²) in [5, 5.41) is 8.96. The third kappa shape index (κ3) is 7.33. The minimum atomic E-state index is -1.89. The quantitative estimate of drug-likeness (QED) is 0.146. The summed E-state index contributed by atoms with van der Waals surface area (Å²) in [4.78, 5) is 13.5. The minimum absolute atomic E-state index is 0.165. The van der Waals surface area contributed by atoms with Crippen LogP contribution in [0.1, 0.15) is 22.6 Å². The molecule has 0 fully saturated rings. The third-order valence-electron chi connectivity index (χ3n) is 4.84. The van der Waals surface area contributed by atoms with E-state index in [1.807, 2.05) is 79.7 Å². The van der Waals surface area contributed by atoms with E-state index >= 15 is 0 Å². The van der Waals surface area contributed by atoms with Crippen LogP contribution < -0.4 is 16.0 Å². The maximum atomic E-state index is 13.5. The molecule has 0 unspecified atom stereocenters. The number of carbonyl (C=O) groups excluding carboxylic acids is 1. The van der Waals surface area contributed by atoms with Crippen molar-refractivity contribution in [3.63, 3.8) is 0 Å². The first-order valence-corrected chi connectivity index (χ1v) is 13.2. The summed E-state index contributed by atoms with van der Waals surface area (Å²) >= 11 is 31.1. The molecule has 0 aliphatic carbocycles. The second-order valence-electron chi connectivity index (χ2n) is 7.44. The molecule has 3 aromatic carbocycles. The zero-order valence-corrected chi connectivity index (χ0v) is 24.0. The Kier molecular flexibility index (Phi) is 9.66. The molecule has 10 heteroatoms. The van der Waals surface area contributed by atoms with Gasteiger partial charge in [-0.2, -0.15) is 0 Å². The van der Waals surface area contributed by atoms with Gasteiger partial charge in [0.25, 0.3) is 0 Å². The molecular weight excluding hydrogens is 645 g/mol.